The van der Waals surface area contributed by atoms with Crippen molar-refractivity contribution < 1.29 is 14.3 Å². The van der Waals surface area contributed by atoms with Gasteiger partial charge in [-0.25, -0.2) is 0 Å². The molecule has 3 N–H and O–H groups in total. The van der Waals surface area contributed by atoms with E-state index in [1.807, 2.05) is 67.6 Å². The fourth-order valence-electron chi connectivity index (χ4n) is 3.34. The van der Waals surface area contributed by atoms with Crippen LogP contribution >= 0.6 is 0 Å². The molecule has 0 bridgehead atoms. The first kappa shape index (κ1) is 24.8. The fourth-order valence-corrected chi connectivity index (χ4v) is 3.34. The summed E-state index contributed by atoms with van der Waals surface area (Å²) >= 11 is 0. The molecule has 34 heavy (non-hydrogen) atoms. The highest BCUT2D eigenvalue weighted by Gasteiger charge is 2.12. The molecular formula is C28H33N3O3. The Balaban J connectivity index is 1.50. The molecule has 3 aromatic carbocycles. The average Bonchev–Trinajstić information content (AvgIpc) is 2.83. The zero-order valence-electron chi connectivity index (χ0n) is 20.0. The quantitative estimate of drug-likeness (QED) is 0.346. The van der Waals surface area contributed by atoms with Gasteiger partial charge in [0.2, 0.25) is 5.91 Å². The minimum Gasteiger partial charge on any atom is -0.494 e. The van der Waals surface area contributed by atoms with Crippen LogP contribution in [0.1, 0.15) is 49.2 Å². The molecule has 0 saturated carbocycles. The van der Waals surface area contributed by atoms with Crippen LogP contribution in [0, 0.1) is 5.92 Å². The molecule has 0 aliphatic rings. The van der Waals surface area contributed by atoms with Crippen LogP contribution < -0.4 is 20.7 Å². The van der Waals surface area contributed by atoms with Gasteiger partial charge in [0, 0.05) is 23.0 Å². The molecule has 3 rings (SSSR count). The van der Waals surface area contributed by atoms with E-state index in [1.165, 1.54) is 0 Å². The Morgan fingerprint density at radius 2 is 1.59 bits per heavy atom. The van der Waals surface area contributed by atoms with Crippen LogP contribution in [-0.4, -0.2) is 25.0 Å². The number of carbonyl (C=O) groups is 2. The summed E-state index contributed by atoms with van der Waals surface area (Å²) in [6, 6.07) is 24.2. The van der Waals surface area contributed by atoms with Gasteiger partial charge < -0.3 is 20.7 Å². The van der Waals surface area contributed by atoms with E-state index < -0.39 is 0 Å². The minimum absolute atomic E-state index is 0.0733. The van der Waals surface area contributed by atoms with Crippen molar-refractivity contribution in [2.75, 3.05) is 23.8 Å². The molecule has 3 aromatic rings. The monoisotopic (exact) mass is 459 g/mol. The predicted molar refractivity (Wildman–Crippen MR) is 137 cm³/mol. The zero-order valence-corrected chi connectivity index (χ0v) is 20.0. The second-order valence-electron chi connectivity index (χ2n) is 8.65. The summed E-state index contributed by atoms with van der Waals surface area (Å²) < 4.78 is 5.75. The lowest BCUT2D eigenvalue weighted by Crippen LogP contribution is -2.26. The summed E-state index contributed by atoms with van der Waals surface area (Å²) in [5, 5.41) is 8.96. The van der Waals surface area contributed by atoms with Gasteiger partial charge in [-0.2, -0.15) is 0 Å². The summed E-state index contributed by atoms with van der Waals surface area (Å²) in [6.45, 7) is 6.97. The van der Waals surface area contributed by atoms with Crippen LogP contribution in [0.3, 0.4) is 0 Å². The van der Waals surface area contributed by atoms with E-state index in [2.05, 4.69) is 29.8 Å². The van der Waals surface area contributed by atoms with E-state index in [0.717, 1.165) is 17.7 Å². The smallest absolute Gasteiger partial charge is 0.251 e. The standard InChI is InChI=1S/C28H33N3O3/c1-20(2)15-16-34-26-14-8-13-25(18-26)31-27(32)19-29-24-12-7-11-23(17-24)28(33)30-21(3)22-9-5-4-6-10-22/h4-14,17-18,20-21,29H,15-16,19H2,1-3H3,(H,30,33)(H,31,32). The molecule has 0 aliphatic heterocycles. The Kier molecular flexibility index (Phi) is 9.09. The third kappa shape index (κ3) is 7.96. The van der Waals surface area contributed by atoms with Crippen LogP contribution in [0.25, 0.3) is 0 Å². The lowest BCUT2D eigenvalue weighted by atomic mass is 10.1. The summed E-state index contributed by atoms with van der Waals surface area (Å²) in [5.41, 5.74) is 2.94. The van der Waals surface area contributed by atoms with E-state index in [1.54, 1.807) is 18.2 Å². The molecule has 2 amide bonds. The van der Waals surface area contributed by atoms with E-state index in [0.29, 0.717) is 29.5 Å². The largest absolute Gasteiger partial charge is 0.494 e. The van der Waals surface area contributed by atoms with Crippen LogP contribution in [0.5, 0.6) is 5.75 Å². The molecule has 6 heteroatoms. The maximum Gasteiger partial charge on any atom is 0.251 e. The van der Waals surface area contributed by atoms with E-state index in [9.17, 15) is 9.59 Å². The molecule has 1 atom stereocenters. The predicted octanol–water partition coefficient (Wildman–Crippen LogP) is 5.65. The van der Waals surface area contributed by atoms with Crippen molar-refractivity contribution in [1.82, 2.24) is 5.32 Å². The maximum atomic E-state index is 12.7. The summed E-state index contributed by atoms with van der Waals surface area (Å²) in [4.78, 5) is 25.1. The molecule has 0 spiro atoms. The molecule has 178 valence electrons. The number of rotatable bonds is 11. The second kappa shape index (κ2) is 12.4. The third-order valence-electron chi connectivity index (χ3n) is 5.31. The first-order valence-corrected chi connectivity index (χ1v) is 11.6. The number of hydrogen-bond donors (Lipinski definition) is 3. The molecule has 0 fully saturated rings. The van der Waals surface area contributed by atoms with Gasteiger partial charge in [-0.05, 0) is 55.2 Å². The zero-order chi connectivity index (χ0) is 24.3. The Hall–Kier alpha value is -3.80. The van der Waals surface area contributed by atoms with Gasteiger partial charge in [0.1, 0.15) is 5.75 Å². The van der Waals surface area contributed by atoms with Gasteiger partial charge in [0.15, 0.2) is 0 Å². The first-order chi connectivity index (χ1) is 16.4. The van der Waals surface area contributed by atoms with Crippen LogP contribution in [-0.2, 0) is 4.79 Å². The SMILES string of the molecule is CC(C)CCOc1cccc(NC(=O)CNc2cccc(C(=O)NC(C)c3ccccc3)c2)c1. The Bertz CT molecular complexity index is 1080. The highest BCUT2D eigenvalue weighted by Crippen LogP contribution is 2.18. The molecule has 6 nitrogen and oxygen atoms in total. The summed E-state index contributed by atoms with van der Waals surface area (Å²) in [7, 11) is 0. The number of hydrogen-bond acceptors (Lipinski definition) is 4. The van der Waals surface area contributed by atoms with Crippen molar-refractivity contribution in [2.24, 2.45) is 5.92 Å². The van der Waals surface area contributed by atoms with Crippen molar-refractivity contribution in [1.29, 1.82) is 0 Å². The minimum atomic E-state index is -0.188. The molecular weight excluding hydrogens is 426 g/mol. The second-order valence-corrected chi connectivity index (χ2v) is 8.65. The molecule has 0 radical (unpaired) electrons. The van der Waals surface area contributed by atoms with Gasteiger partial charge in [0.25, 0.3) is 5.91 Å². The maximum absolute atomic E-state index is 12.7. The van der Waals surface area contributed by atoms with Crippen molar-refractivity contribution in [3.8, 4) is 5.75 Å². The molecule has 0 saturated heterocycles. The van der Waals surface area contributed by atoms with Crippen LogP contribution in [0.15, 0.2) is 78.9 Å². The molecule has 0 heterocycles. The number of carbonyl (C=O) groups excluding carboxylic acids is 2. The Morgan fingerprint density at radius 1 is 0.853 bits per heavy atom. The van der Waals surface area contributed by atoms with E-state index >= 15 is 0 Å². The van der Waals surface area contributed by atoms with Crippen molar-refractivity contribution >= 4 is 23.2 Å². The van der Waals surface area contributed by atoms with Gasteiger partial charge in [0.05, 0.1) is 19.2 Å². The van der Waals surface area contributed by atoms with Crippen molar-refractivity contribution in [2.45, 2.75) is 33.2 Å². The van der Waals surface area contributed by atoms with E-state index in [4.69, 9.17) is 4.74 Å². The lowest BCUT2D eigenvalue weighted by molar-refractivity contribution is -0.114. The first-order valence-electron chi connectivity index (χ1n) is 11.6. The Labute approximate surface area is 201 Å². The topological polar surface area (TPSA) is 79.5 Å². The summed E-state index contributed by atoms with van der Waals surface area (Å²) in [5.74, 6) is 0.950. The molecule has 0 aromatic heterocycles. The van der Waals surface area contributed by atoms with Gasteiger partial charge in [-0.15, -0.1) is 0 Å². The molecule has 1 unspecified atom stereocenters. The number of nitrogens with one attached hydrogen (secondary N) is 3. The van der Waals surface area contributed by atoms with Crippen molar-refractivity contribution in [3.63, 3.8) is 0 Å². The summed E-state index contributed by atoms with van der Waals surface area (Å²) in [6.07, 6.45) is 0.975. The van der Waals surface area contributed by atoms with E-state index in [-0.39, 0.29) is 24.4 Å². The number of ether oxygens (including phenoxy) is 1. The van der Waals surface area contributed by atoms with Gasteiger partial charge >= 0.3 is 0 Å². The highest BCUT2D eigenvalue weighted by atomic mass is 16.5. The normalized spacial score (nSPS) is 11.5. The molecule has 0 aliphatic carbocycles. The van der Waals surface area contributed by atoms with Crippen LogP contribution in [0.4, 0.5) is 11.4 Å². The number of anilines is 2. The average molecular weight is 460 g/mol. The number of benzene rings is 3. The Morgan fingerprint density at radius 3 is 2.35 bits per heavy atom. The highest BCUT2D eigenvalue weighted by molar-refractivity contribution is 5.96. The van der Waals surface area contributed by atoms with Gasteiger partial charge in [-0.3, -0.25) is 9.59 Å². The van der Waals surface area contributed by atoms with Crippen LogP contribution in [0.2, 0.25) is 0 Å². The third-order valence-corrected chi connectivity index (χ3v) is 5.31. The van der Waals surface area contributed by atoms with Crippen molar-refractivity contribution in [3.05, 3.63) is 90.0 Å². The number of amides is 2. The lowest BCUT2D eigenvalue weighted by Gasteiger charge is -2.15. The van der Waals surface area contributed by atoms with Gasteiger partial charge in [-0.1, -0.05) is 56.3 Å². The fraction of sp³-hybridized carbons (Fsp3) is 0.286.